The van der Waals surface area contributed by atoms with Gasteiger partial charge in [0.1, 0.15) is 24.4 Å². The minimum Gasteiger partial charge on any atom is -0.454 e. The standard InChI is InChI=1S/C82H145NO10/c1-4-7-10-13-16-19-22-25-27-29-31-33-35-37-38-39-41-43-45-47-49-52-55-58-61-64-67-70-77(87)93-80-79(89)78(88)76(71-84)92-82(80)91-72-73(74(85)68-65-62-59-56-53-50-24-21-18-15-12-9-6-3)83-81(90)75(86)69-66-63-60-57-54-51-48-46-44-42-40-36-34-32-30-28-26-23-20-17-14-11-8-5-2/h16-17,19-20,25-28,31-34,37-38,65,68,73-76,78-80,82,84-86,88-89H,4-15,18,21-24,29-30,35-36,39-64,66-67,69-72H2,1-3H3,(H,83,90)/b19-16-,20-17-,27-25-,28-26-,33-31-,34-32-,38-37-,68-65+. The molecule has 1 rings (SSSR count). The van der Waals surface area contributed by atoms with Crippen LogP contribution in [0.15, 0.2) is 97.2 Å². The topological polar surface area (TPSA) is 175 Å². The van der Waals surface area contributed by atoms with Gasteiger partial charge in [0.2, 0.25) is 5.91 Å². The molecule has 1 saturated heterocycles. The highest BCUT2D eigenvalue weighted by molar-refractivity contribution is 5.80. The second kappa shape index (κ2) is 68.5. The predicted molar refractivity (Wildman–Crippen MR) is 393 cm³/mol. The third-order valence-electron chi connectivity index (χ3n) is 18.0. The molecule has 8 unspecified atom stereocenters. The Labute approximate surface area is 571 Å². The van der Waals surface area contributed by atoms with Gasteiger partial charge in [-0.15, -0.1) is 0 Å². The van der Waals surface area contributed by atoms with Gasteiger partial charge in [-0.1, -0.05) is 330 Å². The number of hydrogen-bond donors (Lipinski definition) is 6. The smallest absolute Gasteiger partial charge is 0.306 e. The summed E-state index contributed by atoms with van der Waals surface area (Å²) < 4.78 is 17.7. The van der Waals surface area contributed by atoms with Gasteiger partial charge < -0.3 is 45.1 Å². The highest BCUT2D eigenvalue weighted by atomic mass is 16.7. The average Bonchev–Trinajstić information content (AvgIpc) is 0.844. The lowest BCUT2D eigenvalue weighted by Gasteiger charge is -2.41. The minimum absolute atomic E-state index is 0.117. The highest BCUT2D eigenvalue weighted by Crippen LogP contribution is 2.26. The van der Waals surface area contributed by atoms with Gasteiger partial charge in [0.25, 0.3) is 0 Å². The summed E-state index contributed by atoms with van der Waals surface area (Å²) in [6.07, 6.45) is 83.0. The van der Waals surface area contributed by atoms with Gasteiger partial charge in [0.15, 0.2) is 12.4 Å². The van der Waals surface area contributed by atoms with Crippen LogP contribution in [0, 0.1) is 0 Å². The van der Waals surface area contributed by atoms with Crippen molar-refractivity contribution in [1.82, 2.24) is 5.32 Å². The molecule has 0 aliphatic carbocycles. The van der Waals surface area contributed by atoms with Crippen molar-refractivity contribution < 1.29 is 49.3 Å². The van der Waals surface area contributed by atoms with Gasteiger partial charge in [-0.3, -0.25) is 9.59 Å². The Kier molecular flexibility index (Phi) is 64.5. The summed E-state index contributed by atoms with van der Waals surface area (Å²) in [4.78, 5) is 26.8. The first-order valence-electron chi connectivity index (χ1n) is 39.0. The van der Waals surface area contributed by atoms with Crippen LogP contribution in [0.1, 0.15) is 348 Å². The van der Waals surface area contributed by atoms with Crippen LogP contribution in [0.2, 0.25) is 0 Å². The zero-order valence-electron chi connectivity index (χ0n) is 60.1. The molecule has 0 radical (unpaired) electrons. The first-order valence-corrected chi connectivity index (χ1v) is 39.0. The summed E-state index contributed by atoms with van der Waals surface area (Å²) in [6, 6.07) is -1.03. The zero-order valence-corrected chi connectivity index (χ0v) is 60.1. The lowest BCUT2D eigenvalue weighted by Crippen LogP contribution is -2.61. The number of nitrogens with one attached hydrogen (secondary N) is 1. The number of aliphatic hydroxyl groups is 5. The molecule has 1 amide bonds. The Morgan fingerprint density at radius 1 is 0.419 bits per heavy atom. The Morgan fingerprint density at radius 3 is 1.13 bits per heavy atom. The lowest BCUT2D eigenvalue weighted by atomic mass is 9.99. The molecule has 6 N–H and O–H groups in total. The van der Waals surface area contributed by atoms with E-state index in [1.165, 1.54) is 199 Å². The Bertz CT molecular complexity index is 1890. The Balaban J connectivity index is 2.54. The number of ether oxygens (including phenoxy) is 3. The molecule has 538 valence electrons. The van der Waals surface area contributed by atoms with Crippen molar-refractivity contribution >= 4 is 11.9 Å². The third kappa shape index (κ3) is 55.3. The summed E-state index contributed by atoms with van der Waals surface area (Å²) in [5.41, 5.74) is 0. The van der Waals surface area contributed by atoms with E-state index in [9.17, 15) is 35.1 Å². The van der Waals surface area contributed by atoms with E-state index in [1.54, 1.807) is 6.08 Å². The van der Waals surface area contributed by atoms with Crippen LogP contribution in [-0.4, -0.2) is 99.6 Å². The van der Waals surface area contributed by atoms with Crippen LogP contribution in [0.4, 0.5) is 0 Å². The molecule has 8 atom stereocenters. The number of unbranched alkanes of at least 4 members (excludes halogenated alkanes) is 39. The van der Waals surface area contributed by atoms with E-state index < -0.39 is 67.4 Å². The van der Waals surface area contributed by atoms with Gasteiger partial charge in [0, 0.05) is 6.42 Å². The second-order valence-electron chi connectivity index (χ2n) is 26.7. The summed E-state index contributed by atoms with van der Waals surface area (Å²) in [5.74, 6) is -1.19. The SMILES string of the molecule is CCCCC/C=C\C/C=C\C/C=C\C/C=C\CCCCCCCCCCCCCC(=O)OC1C(OCC(NC(=O)C(O)CCCCCCCCCCCCC/C=C\C/C=C\C/C=C\CCCCC)C(O)/C=C/CCCCCCCCCCCCC)OC(CO)C(O)C1O. The number of rotatable bonds is 67. The van der Waals surface area contributed by atoms with Crippen LogP contribution >= 0.6 is 0 Å². The van der Waals surface area contributed by atoms with Crippen LogP contribution in [-0.2, 0) is 23.8 Å². The molecule has 1 aliphatic heterocycles. The normalized spacial score (nSPS) is 18.4. The van der Waals surface area contributed by atoms with Crippen LogP contribution < -0.4 is 5.32 Å². The number of hydrogen-bond acceptors (Lipinski definition) is 10. The van der Waals surface area contributed by atoms with Gasteiger partial charge in [0.05, 0.1) is 25.4 Å². The Hall–Kier alpha value is -3.42. The molecular formula is C82H145NO10. The maximum Gasteiger partial charge on any atom is 0.306 e. The van der Waals surface area contributed by atoms with E-state index in [2.05, 4.69) is 111 Å². The first kappa shape index (κ1) is 87.6. The fraction of sp³-hybridized carbons (Fsp3) is 0.780. The molecule has 0 saturated carbocycles. The molecule has 11 nitrogen and oxygen atoms in total. The number of carbonyl (C=O) groups is 2. The van der Waals surface area contributed by atoms with Crippen molar-refractivity contribution in [2.45, 2.75) is 397 Å². The molecule has 0 aromatic heterocycles. The molecule has 93 heavy (non-hydrogen) atoms. The van der Waals surface area contributed by atoms with E-state index in [0.717, 1.165) is 103 Å². The summed E-state index contributed by atoms with van der Waals surface area (Å²) in [7, 11) is 0. The van der Waals surface area contributed by atoms with E-state index >= 15 is 0 Å². The van der Waals surface area contributed by atoms with Crippen molar-refractivity contribution in [1.29, 1.82) is 0 Å². The average molecular weight is 1310 g/mol. The fourth-order valence-corrected chi connectivity index (χ4v) is 11.8. The van der Waals surface area contributed by atoms with Crippen molar-refractivity contribution in [3.63, 3.8) is 0 Å². The van der Waals surface area contributed by atoms with E-state index in [4.69, 9.17) is 14.2 Å². The lowest BCUT2D eigenvalue weighted by molar-refractivity contribution is -0.305. The van der Waals surface area contributed by atoms with Gasteiger partial charge in [-0.25, -0.2) is 0 Å². The Morgan fingerprint density at radius 2 is 0.742 bits per heavy atom. The second-order valence-corrected chi connectivity index (χ2v) is 26.7. The van der Waals surface area contributed by atoms with E-state index in [0.29, 0.717) is 12.8 Å². The van der Waals surface area contributed by atoms with Crippen molar-refractivity contribution in [3.8, 4) is 0 Å². The molecule has 1 fully saturated rings. The maximum atomic E-state index is 13.5. The van der Waals surface area contributed by atoms with Crippen molar-refractivity contribution in [2.24, 2.45) is 0 Å². The molecule has 0 aromatic carbocycles. The summed E-state index contributed by atoms with van der Waals surface area (Å²) in [5, 5.41) is 57.4. The van der Waals surface area contributed by atoms with Crippen LogP contribution in [0.5, 0.6) is 0 Å². The monoisotopic (exact) mass is 1300 g/mol. The largest absolute Gasteiger partial charge is 0.454 e. The van der Waals surface area contributed by atoms with Gasteiger partial charge in [-0.2, -0.15) is 0 Å². The molecule has 0 spiro atoms. The maximum absolute atomic E-state index is 13.5. The van der Waals surface area contributed by atoms with Gasteiger partial charge >= 0.3 is 5.97 Å². The molecule has 11 heteroatoms. The molecule has 0 bridgehead atoms. The van der Waals surface area contributed by atoms with E-state index in [1.807, 2.05) is 6.08 Å². The molecule has 1 aliphatic rings. The highest BCUT2D eigenvalue weighted by Gasteiger charge is 2.47. The quantitative estimate of drug-likeness (QED) is 0.0195. The minimum atomic E-state index is -1.62. The predicted octanol–water partition coefficient (Wildman–Crippen LogP) is 21.0. The summed E-state index contributed by atoms with van der Waals surface area (Å²) in [6.45, 7) is 5.78. The van der Waals surface area contributed by atoms with Crippen molar-refractivity contribution in [2.75, 3.05) is 13.2 Å². The third-order valence-corrected chi connectivity index (χ3v) is 18.0. The number of allylic oxidation sites excluding steroid dienone is 15. The van der Waals surface area contributed by atoms with E-state index in [-0.39, 0.29) is 19.4 Å². The molecular weight excluding hydrogens is 1160 g/mol. The van der Waals surface area contributed by atoms with Gasteiger partial charge in [-0.05, 0) is 109 Å². The fourth-order valence-electron chi connectivity index (χ4n) is 11.8. The summed E-state index contributed by atoms with van der Waals surface area (Å²) >= 11 is 0. The zero-order chi connectivity index (χ0) is 67.4. The van der Waals surface area contributed by atoms with Crippen molar-refractivity contribution in [3.05, 3.63) is 97.2 Å². The van der Waals surface area contributed by atoms with Crippen LogP contribution in [0.25, 0.3) is 0 Å². The van der Waals surface area contributed by atoms with Crippen LogP contribution in [0.3, 0.4) is 0 Å². The number of carbonyl (C=O) groups excluding carboxylic acids is 2. The molecule has 1 heterocycles. The molecule has 0 aromatic rings. The number of esters is 1. The number of amides is 1. The first-order chi connectivity index (χ1) is 45.7. The number of aliphatic hydroxyl groups excluding tert-OH is 5.